The second kappa shape index (κ2) is 12.2. The lowest BCUT2D eigenvalue weighted by Crippen LogP contribution is -2.35. The van der Waals surface area contributed by atoms with Crippen LogP contribution in [0.3, 0.4) is 0 Å². The van der Waals surface area contributed by atoms with Gasteiger partial charge in [-0.3, -0.25) is 4.79 Å². The minimum absolute atomic E-state index is 0.0183. The van der Waals surface area contributed by atoms with Crippen LogP contribution in [0.2, 0.25) is 0 Å². The standard InChI is InChI=1S/C29H33BrN2O2/c1-34-27-10-11-28(30)26(20-27)19-23-13-16-32(17-14-23)15-12-22-8-5-9-25(18-22)29(33)31-21-24-6-3-2-4-7-24/h2-11,18,20,23H,12-17,19,21H2,1H3,(H,31,33). The predicted molar refractivity (Wildman–Crippen MR) is 141 cm³/mol. The second-order valence-electron chi connectivity index (χ2n) is 9.07. The number of carbonyl (C=O) groups excluding carboxylic acids is 1. The number of nitrogens with zero attached hydrogens (tertiary/aromatic N) is 1. The summed E-state index contributed by atoms with van der Waals surface area (Å²) in [5.74, 6) is 1.61. The summed E-state index contributed by atoms with van der Waals surface area (Å²) in [6.45, 7) is 3.84. The molecule has 1 aliphatic heterocycles. The number of ether oxygens (including phenoxy) is 1. The topological polar surface area (TPSA) is 41.6 Å². The summed E-state index contributed by atoms with van der Waals surface area (Å²) >= 11 is 3.69. The minimum atomic E-state index is -0.0183. The molecule has 5 heteroatoms. The quantitative estimate of drug-likeness (QED) is 0.382. The average Bonchev–Trinajstić information content (AvgIpc) is 2.89. The lowest BCUT2D eigenvalue weighted by molar-refractivity contribution is 0.0950. The van der Waals surface area contributed by atoms with E-state index in [0.29, 0.717) is 12.5 Å². The van der Waals surface area contributed by atoms with E-state index in [-0.39, 0.29) is 5.91 Å². The van der Waals surface area contributed by atoms with Crippen molar-refractivity contribution in [3.8, 4) is 5.75 Å². The van der Waals surface area contributed by atoms with Crippen molar-refractivity contribution in [2.45, 2.75) is 32.2 Å². The number of hydrogen-bond acceptors (Lipinski definition) is 3. The fourth-order valence-electron chi connectivity index (χ4n) is 4.60. The molecule has 34 heavy (non-hydrogen) atoms. The van der Waals surface area contributed by atoms with Crippen molar-refractivity contribution in [2.24, 2.45) is 5.92 Å². The Morgan fingerprint density at radius 3 is 2.53 bits per heavy atom. The molecule has 0 spiro atoms. The van der Waals surface area contributed by atoms with Crippen LogP contribution in [-0.4, -0.2) is 37.6 Å². The first-order valence-electron chi connectivity index (χ1n) is 12.1. The van der Waals surface area contributed by atoms with Crippen LogP contribution in [0.5, 0.6) is 5.75 Å². The summed E-state index contributed by atoms with van der Waals surface area (Å²) in [4.78, 5) is 15.1. The Morgan fingerprint density at radius 1 is 1.00 bits per heavy atom. The van der Waals surface area contributed by atoms with Crippen LogP contribution >= 0.6 is 15.9 Å². The van der Waals surface area contributed by atoms with Crippen molar-refractivity contribution in [1.82, 2.24) is 10.2 Å². The summed E-state index contributed by atoms with van der Waals surface area (Å²) < 4.78 is 6.56. The number of methoxy groups -OCH3 is 1. The van der Waals surface area contributed by atoms with E-state index in [4.69, 9.17) is 4.74 Å². The number of amides is 1. The Balaban J connectivity index is 1.23. The van der Waals surface area contributed by atoms with Gasteiger partial charge in [-0.1, -0.05) is 58.4 Å². The van der Waals surface area contributed by atoms with E-state index in [9.17, 15) is 4.79 Å². The molecule has 0 bridgehead atoms. The molecule has 0 aliphatic carbocycles. The first-order chi connectivity index (χ1) is 16.6. The molecule has 1 N–H and O–H groups in total. The highest BCUT2D eigenvalue weighted by Crippen LogP contribution is 2.28. The number of halogens is 1. The fourth-order valence-corrected chi connectivity index (χ4v) is 5.00. The van der Waals surface area contributed by atoms with Gasteiger partial charge in [-0.15, -0.1) is 0 Å². The number of piperidine rings is 1. The Bertz CT molecular complexity index is 1080. The average molecular weight is 521 g/mol. The van der Waals surface area contributed by atoms with Crippen LogP contribution in [0.25, 0.3) is 0 Å². The molecule has 0 saturated carbocycles. The lowest BCUT2D eigenvalue weighted by Gasteiger charge is -2.32. The molecule has 0 unspecified atom stereocenters. The van der Waals surface area contributed by atoms with E-state index in [1.54, 1.807) is 7.11 Å². The summed E-state index contributed by atoms with van der Waals surface area (Å²) in [7, 11) is 1.72. The van der Waals surface area contributed by atoms with Gasteiger partial charge < -0.3 is 15.0 Å². The van der Waals surface area contributed by atoms with Crippen LogP contribution in [0, 0.1) is 5.92 Å². The van der Waals surface area contributed by atoms with Gasteiger partial charge in [-0.05, 0) is 91.7 Å². The van der Waals surface area contributed by atoms with Crippen LogP contribution in [-0.2, 0) is 19.4 Å². The molecule has 1 fully saturated rings. The van der Waals surface area contributed by atoms with Gasteiger partial charge in [0.15, 0.2) is 0 Å². The van der Waals surface area contributed by atoms with Crippen molar-refractivity contribution in [3.05, 3.63) is 99.5 Å². The molecule has 1 heterocycles. The van der Waals surface area contributed by atoms with E-state index >= 15 is 0 Å². The van der Waals surface area contributed by atoms with Gasteiger partial charge >= 0.3 is 0 Å². The number of hydrogen-bond donors (Lipinski definition) is 1. The van der Waals surface area contributed by atoms with Crippen molar-refractivity contribution in [3.63, 3.8) is 0 Å². The molecule has 0 radical (unpaired) electrons. The Hall–Kier alpha value is -2.63. The van der Waals surface area contributed by atoms with Gasteiger partial charge in [-0.25, -0.2) is 0 Å². The third-order valence-electron chi connectivity index (χ3n) is 6.67. The fraction of sp³-hybridized carbons (Fsp3) is 0.345. The predicted octanol–water partition coefficient (Wildman–Crippen LogP) is 5.88. The maximum Gasteiger partial charge on any atom is 0.251 e. The number of nitrogens with one attached hydrogen (secondary N) is 1. The Labute approximate surface area is 211 Å². The van der Waals surface area contributed by atoms with E-state index < -0.39 is 0 Å². The third-order valence-corrected chi connectivity index (χ3v) is 7.44. The highest BCUT2D eigenvalue weighted by molar-refractivity contribution is 9.10. The Kier molecular flexibility index (Phi) is 8.78. The molecule has 178 valence electrons. The van der Waals surface area contributed by atoms with Gasteiger partial charge in [0.2, 0.25) is 0 Å². The van der Waals surface area contributed by atoms with Crippen molar-refractivity contribution < 1.29 is 9.53 Å². The molecule has 1 saturated heterocycles. The van der Waals surface area contributed by atoms with Crippen LogP contribution in [0.15, 0.2) is 77.3 Å². The van der Waals surface area contributed by atoms with Crippen LogP contribution in [0.4, 0.5) is 0 Å². The molecular formula is C29H33BrN2O2. The molecule has 3 aromatic rings. The molecule has 0 atom stereocenters. The Morgan fingerprint density at radius 2 is 1.76 bits per heavy atom. The van der Waals surface area contributed by atoms with Crippen molar-refractivity contribution in [2.75, 3.05) is 26.7 Å². The van der Waals surface area contributed by atoms with Gasteiger partial charge in [-0.2, -0.15) is 0 Å². The van der Waals surface area contributed by atoms with E-state index in [2.05, 4.69) is 44.3 Å². The third kappa shape index (κ3) is 6.94. The normalized spacial score (nSPS) is 14.6. The number of benzene rings is 3. The highest BCUT2D eigenvalue weighted by atomic mass is 79.9. The maximum absolute atomic E-state index is 12.6. The smallest absolute Gasteiger partial charge is 0.251 e. The molecule has 1 amide bonds. The zero-order valence-electron chi connectivity index (χ0n) is 19.8. The van der Waals surface area contributed by atoms with E-state index in [0.717, 1.165) is 49.4 Å². The largest absolute Gasteiger partial charge is 0.497 e. The zero-order valence-corrected chi connectivity index (χ0v) is 21.4. The van der Waals surface area contributed by atoms with E-state index in [1.165, 1.54) is 28.4 Å². The number of rotatable bonds is 9. The second-order valence-corrected chi connectivity index (χ2v) is 9.92. The van der Waals surface area contributed by atoms with Crippen molar-refractivity contribution >= 4 is 21.8 Å². The van der Waals surface area contributed by atoms with Crippen LogP contribution in [0.1, 0.15) is 39.9 Å². The van der Waals surface area contributed by atoms with Gasteiger partial charge in [0, 0.05) is 23.1 Å². The monoisotopic (exact) mass is 520 g/mol. The summed E-state index contributed by atoms with van der Waals surface area (Å²) in [5.41, 5.74) is 4.39. The van der Waals surface area contributed by atoms with Gasteiger partial charge in [0.25, 0.3) is 5.91 Å². The minimum Gasteiger partial charge on any atom is -0.497 e. The van der Waals surface area contributed by atoms with Crippen LogP contribution < -0.4 is 10.1 Å². The molecule has 3 aromatic carbocycles. The first-order valence-corrected chi connectivity index (χ1v) is 12.9. The molecule has 4 nitrogen and oxygen atoms in total. The highest BCUT2D eigenvalue weighted by Gasteiger charge is 2.20. The zero-order chi connectivity index (χ0) is 23.8. The van der Waals surface area contributed by atoms with Crippen molar-refractivity contribution in [1.29, 1.82) is 0 Å². The lowest BCUT2D eigenvalue weighted by atomic mass is 9.90. The summed E-state index contributed by atoms with van der Waals surface area (Å²) in [6, 6.07) is 24.3. The number of carbonyl (C=O) groups is 1. The van der Waals surface area contributed by atoms with E-state index in [1.807, 2.05) is 54.6 Å². The van der Waals surface area contributed by atoms with Gasteiger partial charge in [0.05, 0.1) is 7.11 Å². The molecular weight excluding hydrogens is 488 g/mol. The molecule has 4 rings (SSSR count). The SMILES string of the molecule is COc1ccc(Br)c(CC2CCN(CCc3cccc(C(=O)NCc4ccccc4)c3)CC2)c1. The maximum atomic E-state index is 12.6. The molecule has 0 aromatic heterocycles. The molecule has 1 aliphatic rings. The number of likely N-dealkylation sites (tertiary alicyclic amines) is 1. The summed E-state index contributed by atoms with van der Waals surface area (Å²) in [6.07, 6.45) is 4.48. The van der Waals surface area contributed by atoms with Gasteiger partial charge in [0.1, 0.15) is 5.75 Å². The first kappa shape index (κ1) is 24.5. The summed E-state index contributed by atoms with van der Waals surface area (Å²) in [5, 5.41) is 3.02.